The Morgan fingerprint density at radius 1 is 1.35 bits per heavy atom. The molecule has 1 aliphatic rings. The molecule has 0 aliphatic carbocycles. The van der Waals surface area contributed by atoms with Crippen LogP contribution in [0.25, 0.3) is 0 Å². The summed E-state index contributed by atoms with van der Waals surface area (Å²) in [6.45, 7) is 3.88. The highest BCUT2D eigenvalue weighted by Crippen LogP contribution is 2.39. The number of carbonyl (C=O) groups excluding carboxylic acids is 1. The summed E-state index contributed by atoms with van der Waals surface area (Å²) in [6.07, 6.45) is 5.82. The molecule has 1 atom stereocenters. The smallest absolute Gasteiger partial charge is 0.233 e. The topological polar surface area (TPSA) is 38.1 Å². The van der Waals surface area contributed by atoms with Crippen molar-refractivity contribution >= 4 is 40.3 Å². The quantitative estimate of drug-likeness (QED) is 0.561. The summed E-state index contributed by atoms with van der Waals surface area (Å²) in [7, 11) is 0. The lowest BCUT2D eigenvalue weighted by Crippen LogP contribution is -2.40. The van der Waals surface area contributed by atoms with Gasteiger partial charge >= 0.3 is 0 Å². The molecule has 0 fully saturated rings. The van der Waals surface area contributed by atoms with E-state index in [4.69, 9.17) is 0 Å². The van der Waals surface area contributed by atoms with Crippen LogP contribution in [0.2, 0.25) is 0 Å². The van der Waals surface area contributed by atoms with Crippen molar-refractivity contribution < 1.29 is 4.79 Å². The number of carbonyl (C=O) groups is 1. The molecule has 1 unspecified atom stereocenters. The minimum Gasteiger partial charge on any atom is -0.330 e. The average Bonchev–Trinajstić information content (AvgIpc) is 3.40. The van der Waals surface area contributed by atoms with Crippen molar-refractivity contribution in [2.75, 3.05) is 12.3 Å². The third-order valence-corrected chi connectivity index (χ3v) is 7.48. The van der Waals surface area contributed by atoms with Crippen molar-refractivity contribution in [1.29, 1.82) is 0 Å². The summed E-state index contributed by atoms with van der Waals surface area (Å²) in [5.41, 5.74) is 1.30. The van der Waals surface area contributed by atoms with Gasteiger partial charge in [-0.25, -0.2) is 4.98 Å². The Balaban J connectivity index is 1.52. The summed E-state index contributed by atoms with van der Waals surface area (Å²) in [6, 6.07) is 6.46. The Morgan fingerprint density at radius 2 is 2.27 bits per heavy atom. The van der Waals surface area contributed by atoms with Crippen LogP contribution in [0.15, 0.2) is 46.5 Å². The number of rotatable bonds is 6. The van der Waals surface area contributed by atoms with E-state index in [9.17, 15) is 4.79 Å². The number of hydrogen-bond acceptors (Lipinski definition) is 5. The van der Waals surface area contributed by atoms with Crippen LogP contribution in [0.3, 0.4) is 0 Å². The van der Waals surface area contributed by atoms with Gasteiger partial charge in [-0.15, -0.1) is 22.7 Å². The third-order valence-electron chi connectivity index (χ3n) is 4.57. The molecule has 136 valence electrons. The van der Waals surface area contributed by atoms with Crippen molar-refractivity contribution in [3.05, 3.63) is 56.7 Å². The third kappa shape index (κ3) is 3.48. The first kappa shape index (κ1) is 17.8. The second kappa shape index (κ2) is 7.98. The summed E-state index contributed by atoms with van der Waals surface area (Å²) >= 11 is 5.08. The number of imidazole rings is 1. The maximum absolute atomic E-state index is 13.1. The number of aromatic nitrogens is 2. The molecule has 0 bridgehead atoms. The SMILES string of the molecule is CCCn1ccnc1SCC(=O)N1CCc2sccc2C1c1cccs1. The number of thioether (sulfide) groups is 1. The first-order valence-electron chi connectivity index (χ1n) is 8.81. The van der Waals surface area contributed by atoms with Crippen molar-refractivity contribution in [3.8, 4) is 0 Å². The van der Waals surface area contributed by atoms with Gasteiger partial charge in [0.1, 0.15) is 0 Å². The van der Waals surface area contributed by atoms with Crippen LogP contribution >= 0.6 is 34.4 Å². The summed E-state index contributed by atoms with van der Waals surface area (Å²) < 4.78 is 2.13. The van der Waals surface area contributed by atoms with E-state index < -0.39 is 0 Å². The van der Waals surface area contributed by atoms with E-state index in [2.05, 4.69) is 50.3 Å². The first-order valence-corrected chi connectivity index (χ1v) is 11.6. The van der Waals surface area contributed by atoms with E-state index in [1.54, 1.807) is 23.1 Å². The molecule has 0 saturated carbocycles. The fraction of sp³-hybridized carbons (Fsp3) is 0.368. The zero-order valence-electron chi connectivity index (χ0n) is 14.6. The largest absolute Gasteiger partial charge is 0.330 e. The molecular weight excluding hydrogens is 382 g/mol. The maximum atomic E-state index is 13.1. The number of aryl methyl sites for hydroxylation is 1. The number of fused-ring (bicyclic) bond motifs is 1. The van der Waals surface area contributed by atoms with Crippen LogP contribution in [0, 0.1) is 0 Å². The number of hydrogen-bond donors (Lipinski definition) is 0. The summed E-state index contributed by atoms with van der Waals surface area (Å²) in [4.78, 5) is 22.2. The maximum Gasteiger partial charge on any atom is 0.233 e. The Labute approximate surface area is 165 Å². The molecule has 0 N–H and O–H groups in total. The van der Waals surface area contributed by atoms with E-state index in [1.807, 2.05) is 23.7 Å². The molecule has 0 radical (unpaired) electrons. The lowest BCUT2D eigenvalue weighted by molar-refractivity contribution is -0.130. The highest BCUT2D eigenvalue weighted by Gasteiger charge is 2.33. The molecule has 3 aromatic rings. The molecule has 0 spiro atoms. The first-order chi connectivity index (χ1) is 12.8. The molecule has 4 rings (SSSR count). The number of nitrogens with zero attached hydrogens (tertiary/aromatic N) is 3. The number of amides is 1. The second-order valence-electron chi connectivity index (χ2n) is 6.25. The zero-order valence-corrected chi connectivity index (χ0v) is 17.1. The van der Waals surface area contributed by atoms with Gasteiger partial charge in [-0.2, -0.15) is 0 Å². The predicted octanol–water partition coefficient (Wildman–Crippen LogP) is 4.68. The standard InChI is InChI=1S/C19H21N3OS3/c1-2-8-21-10-7-20-19(21)26-13-17(23)22-9-5-15-14(6-12-25-15)18(22)16-4-3-11-24-16/h3-4,6-7,10-12,18H,2,5,8-9,13H2,1H3. The minimum atomic E-state index is 0.0634. The number of thiophene rings is 2. The van der Waals surface area contributed by atoms with E-state index in [-0.39, 0.29) is 11.9 Å². The average molecular weight is 404 g/mol. The van der Waals surface area contributed by atoms with Crippen LogP contribution in [-0.4, -0.2) is 32.7 Å². The zero-order chi connectivity index (χ0) is 17.9. The lowest BCUT2D eigenvalue weighted by atomic mass is 9.98. The van der Waals surface area contributed by atoms with Crippen molar-refractivity contribution in [1.82, 2.24) is 14.5 Å². The molecular formula is C19H21N3OS3. The van der Waals surface area contributed by atoms with Gasteiger partial charge in [0.2, 0.25) is 5.91 Å². The molecule has 4 heterocycles. The Morgan fingerprint density at radius 3 is 3.08 bits per heavy atom. The van der Waals surface area contributed by atoms with Crippen LogP contribution in [0.4, 0.5) is 0 Å². The van der Waals surface area contributed by atoms with Gasteiger partial charge in [-0.1, -0.05) is 24.8 Å². The normalized spacial score (nSPS) is 16.7. The molecule has 0 saturated heterocycles. The minimum absolute atomic E-state index is 0.0634. The van der Waals surface area contributed by atoms with Crippen LogP contribution in [0.5, 0.6) is 0 Å². The monoisotopic (exact) mass is 403 g/mol. The Hall–Kier alpha value is -1.57. The van der Waals surface area contributed by atoms with Gasteiger partial charge < -0.3 is 9.47 Å². The van der Waals surface area contributed by atoms with Crippen LogP contribution in [-0.2, 0) is 17.8 Å². The van der Waals surface area contributed by atoms with Gasteiger partial charge in [0, 0.05) is 35.2 Å². The van der Waals surface area contributed by atoms with Gasteiger partial charge in [0.25, 0.3) is 0 Å². The van der Waals surface area contributed by atoms with Gasteiger partial charge in [0.05, 0.1) is 11.8 Å². The molecule has 0 aromatic carbocycles. The van der Waals surface area contributed by atoms with Crippen LogP contribution < -0.4 is 0 Å². The Bertz CT molecular complexity index is 868. The van der Waals surface area contributed by atoms with Gasteiger partial charge in [0.15, 0.2) is 5.16 Å². The fourth-order valence-corrected chi connectivity index (χ4v) is 6.02. The molecule has 1 amide bonds. The van der Waals surface area contributed by atoms with Crippen LogP contribution in [0.1, 0.15) is 34.7 Å². The summed E-state index contributed by atoms with van der Waals surface area (Å²) in [5, 5.41) is 5.17. The predicted molar refractivity (Wildman–Crippen MR) is 109 cm³/mol. The fourth-order valence-electron chi connectivity index (χ4n) is 3.39. The van der Waals surface area contributed by atoms with Crippen molar-refractivity contribution in [3.63, 3.8) is 0 Å². The van der Waals surface area contributed by atoms with E-state index in [0.717, 1.165) is 31.1 Å². The van der Waals surface area contributed by atoms with E-state index in [0.29, 0.717) is 5.75 Å². The second-order valence-corrected chi connectivity index (χ2v) is 9.17. The summed E-state index contributed by atoms with van der Waals surface area (Å²) in [5.74, 6) is 0.624. The van der Waals surface area contributed by atoms with E-state index >= 15 is 0 Å². The highest BCUT2D eigenvalue weighted by atomic mass is 32.2. The molecule has 1 aliphatic heterocycles. The highest BCUT2D eigenvalue weighted by molar-refractivity contribution is 7.99. The lowest BCUT2D eigenvalue weighted by Gasteiger charge is -2.35. The molecule has 26 heavy (non-hydrogen) atoms. The van der Waals surface area contributed by atoms with E-state index in [1.165, 1.54) is 15.3 Å². The molecule has 4 nitrogen and oxygen atoms in total. The molecule has 7 heteroatoms. The van der Waals surface area contributed by atoms with Crippen molar-refractivity contribution in [2.24, 2.45) is 0 Å². The van der Waals surface area contributed by atoms with Crippen molar-refractivity contribution in [2.45, 2.75) is 37.5 Å². The van der Waals surface area contributed by atoms with Gasteiger partial charge in [-0.05, 0) is 41.3 Å². The Kier molecular flexibility index (Phi) is 5.47. The molecule has 3 aromatic heterocycles. The van der Waals surface area contributed by atoms with Gasteiger partial charge in [-0.3, -0.25) is 4.79 Å².